The highest BCUT2D eigenvalue weighted by Gasteiger charge is 2.32. The van der Waals surface area contributed by atoms with Crippen LogP contribution in [0.25, 0.3) is 0 Å². The summed E-state index contributed by atoms with van der Waals surface area (Å²) in [6.45, 7) is 4.29. The lowest BCUT2D eigenvalue weighted by Crippen LogP contribution is -2.40. The van der Waals surface area contributed by atoms with Gasteiger partial charge in [0.2, 0.25) is 0 Å². The molecule has 2 aliphatic rings. The number of nitrogens with one attached hydrogen (secondary N) is 1. The lowest BCUT2D eigenvalue weighted by Gasteiger charge is -2.23. The molecule has 1 fully saturated rings. The number of nitrogens with zero attached hydrogens (tertiary/aromatic N) is 3. The Kier molecular flexibility index (Phi) is 2.55. The van der Waals surface area contributed by atoms with Gasteiger partial charge in [0.25, 0.3) is 0 Å². The summed E-state index contributed by atoms with van der Waals surface area (Å²) in [6, 6.07) is 3.04. The van der Waals surface area contributed by atoms with Gasteiger partial charge in [0.1, 0.15) is 0 Å². The molecule has 0 bridgehead atoms. The predicted molar refractivity (Wildman–Crippen MR) is 65.7 cm³/mol. The second-order valence-corrected chi connectivity index (χ2v) is 5.30. The lowest BCUT2D eigenvalue weighted by molar-refractivity contribution is 0.413. The van der Waals surface area contributed by atoms with E-state index in [4.69, 9.17) is 0 Å². The summed E-state index contributed by atoms with van der Waals surface area (Å²) >= 11 is 1.55. The maximum atomic E-state index is 4.59. The molecule has 0 radical (unpaired) electrons. The SMILES string of the molecule is CC(NC1=NC[C@H]2CCCN12)c1ccns1. The zero-order valence-corrected chi connectivity index (χ0v) is 10.2. The van der Waals surface area contributed by atoms with Crippen molar-refractivity contribution in [2.45, 2.75) is 31.8 Å². The molecule has 0 aromatic carbocycles. The number of hydrogen-bond acceptors (Lipinski definition) is 5. The molecule has 1 saturated heterocycles. The molecule has 1 aromatic heterocycles. The van der Waals surface area contributed by atoms with Gasteiger partial charge in [-0.2, -0.15) is 0 Å². The number of aromatic nitrogens is 1. The Morgan fingerprint density at radius 2 is 2.56 bits per heavy atom. The number of hydrogen-bond donors (Lipinski definition) is 1. The fourth-order valence-corrected chi connectivity index (χ4v) is 3.01. The van der Waals surface area contributed by atoms with Gasteiger partial charge in [-0.1, -0.05) is 0 Å². The standard InChI is InChI=1S/C11H16N4S/c1-8(10-4-5-13-16-10)14-11-12-7-9-3-2-6-15(9)11/h4-5,8-9H,2-3,6-7H2,1H3,(H,12,14)/t8?,9-/m1/s1. The smallest absolute Gasteiger partial charge is 0.194 e. The molecule has 4 nitrogen and oxygen atoms in total. The highest BCUT2D eigenvalue weighted by Crippen LogP contribution is 2.24. The van der Waals surface area contributed by atoms with Crippen LogP contribution in [0.5, 0.6) is 0 Å². The van der Waals surface area contributed by atoms with E-state index in [0.717, 1.165) is 19.0 Å². The summed E-state index contributed by atoms with van der Waals surface area (Å²) in [5.41, 5.74) is 0. The summed E-state index contributed by atoms with van der Waals surface area (Å²) < 4.78 is 4.13. The van der Waals surface area contributed by atoms with Crippen LogP contribution in [-0.2, 0) is 0 Å². The van der Waals surface area contributed by atoms with Gasteiger partial charge in [-0.15, -0.1) is 0 Å². The van der Waals surface area contributed by atoms with E-state index in [0.29, 0.717) is 12.1 Å². The van der Waals surface area contributed by atoms with Gasteiger partial charge < -0.3 is 10.2 Å². The van der Waals surface area contributed by atoms with Crippen molar-refractivity contribution in [3.05, 3.63) is 17.1 Å². The van der Waals surface area contributed by atoms with Crippen molar-refractivity contribution in [1.82, 2.24) is 14.6 Å². The molecule has 3 heterocycles. The van der Waals surface area contributed by atoms with E-state index in [1.165, 1.54) is 17.7 Å². The molecule has 1 unspecified atom stereocenters. The summed E-state index contributed by atoms with van der Waals surface area (Å²) in [7, 11) is 0. The van der Waals surface area contributed by atoms with Gasteiger partial charge >= 0.3 is 0 Å². The van der Waals surface area contributed by atoms with Gasteiger partial charge in [-0.3, -0.25) is 4.99 Å². The first-order chi connectivity index (χ1) is 7.84. The van der Waals surface area contributed by atoms with Crippen molar-refractivity contribution in [2.75, 3.05) is 13.1 Å². The summed E-state index contributed by atoms with van der Waals surface area (Å²) in [5.74, 6) is 1.09. The quantitative estimate of drug-likeness (QED) is 0.848. The topological polar surface area (TPSA) is 40.5 Å². The maximum Gasteiger partial charge on any atom is 0.194 e. The minimum Gasteiger partial charge on any atom is -0.349 e. The average molecular weight is 236 g/mol. The minimum absolute atomic E-state index is 0.311. The van der Waals surface area contributed by atoms with E-state index in [1.807, 2.05) is 6.20 Å². The van der Waals surface area contributed by atoms with Crippen LogP contribution in [0.1, 0.15) is 30.7 Å². The van der Waals surface area contributed by atoms with Crippen molar-refractivity contribution < 1.29 is 0 Å². The normalized spacial score (nSPS) is 25.4. The lowest BCUT2D eigenvalue weighted by atomic mass is 10.2. The maximum absolute atomic E-state index is 4.59. The monoisotopic (exact) mass is 236 g/mol. The van der Waals surface area contributed by atoms with Crippen molar-refractivity contribution in [3.8, 4) is 0 Å². The minimum atomic E-state index is 0.311. The molecular weight excluding hydrogens is 220 g/mol. The van der Waals surface area contributed by atoms with Crippen LogP contribution in [0.3, 0.4) is 0 Å². The number of fused-ring (bicyclic) bond motifs is 1. The number of guanidine groups is 1. The summed E-state index contributed by atoms with van der Waals surface area (Å²) in [4.78, 5) is 8.27. The van der Waals surface area contributed by atoms with E-state index in [-0.39, 0.29) is 0 Å². The van der Waals surface area contributed by atoms with Gasteiger partial charge in [-0.05, 0) is 37.4 Å². The Hall–Kier alpha value is -1.10. The molecule has 1 aromatic rings. The molecule has 0 amide bonds. The molecular formula is C11H16N4S. The second kappa shape index (κ2) is 4.05. The zero-order chi connectivity index (χ0) is 11.0. The Labute approximate surface area is 99.5 Å². The predicted octanol–water partition coefficient (Wildman–Crippen LogP) is 1.63. The summed E-state index contributed by atoms with van der Waals surface area (Å²) in [6.07, 6.45) is 4.46. The first-order valence-electron chi connectivity index (χ1n) is 5.83. The van der Waals surface area contributed by atoms with Crippen molar-refractivity contribution >= 4 is 17.5 Å². The van der Waals surface area contributed by atoms with E-state index in [1.54, 1.807) is 11.5 Å². The molecule has 3 rings (SSSR count). The number of aliphatic imine (C=N–C) groups is 1. The van der Waals surface area contributed by atoms with Crippen LogP contribution < -0.4 is 5.32 Å². The molecule has 5 heteroatoms. The first-order valence-corrected chi connectivity index (χ1v) is 6.60. The largest absolute Gasteiger partial charge is 0.349 e. The van der Waals surface area contributed by atoms with Crippen LogP contribution in [0, 0.1) is 0 Å². The second-order valence-electron chi connectivity index (χ2n) is 4.43. The van der Waals surface area contributed by atoms with Crippen LogP contribution in [0.4, 0.5) is 0 Å². The average Bonchev–Trinajstić information content (AvgIpc) is 2.94. The van der Waals surface area contributed by atoms with Gasteiger partial charge in [0, 0.05) is 17.6 Å². The fraction of sp³-hybridized carbons (Fsp3) is 0.636. The van der Waals surface area contributed by atoms with E-state index in [9.17, 15) is 0 Å². The van der Waals surface area contributed by atoms with Crippen LogP contribution in [0.15, 0.2) is 17.3 Å². The van der Waals surface area contributed by atoms with Crippen molar-refractivity contribution in [2.24, 2.45) is 4.99 Å². The summed E-state index contributed by atoms with van der Waals surface area (Å²) in [5, 5.41) is 3.50. The van der Waals surface area contributed by atoms with Crippen LogP contribution in [0.2, 0.25) is 0 Å². The van der Waals surface area contributed by atoms with Crippen molar-refractivity contribution in [3.63, 3.8) is 0 Å². The first kappa shape index (κ1) is 10.1. The molecule has 2 aliphatic heterocycles. The van der Waals surface area contributed by atoms with Crippen LogP contribution >= 0.6 is 11.5 Å². The highest BCUT2D eigenvalue weighted by atomic mass is 32.1. The highest BCUT2D eigenvalue weighted by molar-refractivity contribution is 7.05. The molecule has 16 heavy (non-hydrogen) atoms. The number of rotatable bonds is 2. The van der Waals surface area contributed by atoms with E-state index in [2.05, 4.69) is 32.6 Å². The van der Waals surface area contributed by atoms with Gasteiger partial charge in [-0.25, -0.2) is 4.37 Å². The molecule has 1 N–H and O–H groups in total. The van der Waals surface area contributed by atoms with E-state index >= 15 is 0 Å². The van der Waals surface area contributed by atoms with Gasteiger partial charge in [0.05, 0.1) is 18.6 Å². The Bertz CT molecular complexity index is 387. The van der Waals surface area contributed by atoms with E-state index < -0.39 is 0 Å². The molecule has 86 valence electrons. The van der Waals surface area contributed by atoms with Gasteiger partial charge in [0.15, 0.2) is 5.96 Å². The molecule has 0 saturated carbocycles. The molecule has 0 spiro atoms. The molecule has 0 aliphatic carbocycles. The third-order valence-electron chi connectivity index (χ3n) is 3.33. The van der Waals surface area contributed by atoms with Crippen LogP contribution in [-0.4, -0.2) is 34.4 Å². The Balaban J connectivity index is 1.67. The fourth-order valence-electron chi connectivity index (χ4n) is 2.43. The third-order valence-corrected chi connectivity index (χ3v) is 4.26. The molecule has 2 atom stereocenters. The Morgan fingerprint density at radius 3 is 3.38 bits per heavy atom. The Morgan fingerprint density at radius 1 is 1.62 bits per heavy atom. The van der Waals surface area contributed by atoms with Crippen molar-refractivity contribution in [1.29, 1.82) is 0 Å². The zero-order valence-electron chi connectivity index (χ0n) is 9.39. The third kappa shape index (κ3) is 1.69.